The molecule has 1 atom stereocenters. The number of aryl methyl sites for hydroxylation is 1. The van der Waals surface area contributed by atoms with Gasteiger partial charge in [0.25, 0.3) is 5.91 Å². The lowest BCUT2D eigenvalue weighted by molar-refractivity contribution is -0.137. The number of halogens is 4. The van der Waals surface area contributed by atoms with E-state index in [0.29, 0.717) is 23.7 Å². The number of rotatable bonds is 7. The molecule has 0 unspecified atom stereocenters. The number of benzene rings is 4. The van der Waals surface area contributed by atoms with Crippen molar-refractivity contribution in [3.8, 4) is 11.1 Å². The average molecular weight is 589 g/mol. The number of carbonyl (C=O) groups excluding carboxylic acids is 1. The molecule has 43 heavy (non-hydrogen) atoms. The van der Waals surface area contributed by atoms with Gasteiger partial charge < -0.3 is 15.0 Å². The predicted octanol–water partition coefficient (Wildman–Crippen LogP) is 8.32. The second-order valence-corrected chi connectivity index (χ2v) is 10.5. The van der Waals surface area contributed by atoms with Crippen LogP contribution in [-0.2, 0) is 12.7 Å². The molecule has 0 saturated carbocycles. The topological polar surface area (TPSA) is 71.3 Å². The van der Waals surface area contributed by atoms with Crippen molar-refractivity contribution >= 4 is 22.8 Å². The summed E-state index contributed by atoms with van der Waals surface area (Å²) < 4.78 is 55.3. The highest BCUT2D eigenvalue weighted by atomic mass is 19.4. The lowest BCUT2D eigenvalue weighted by Crippen LogP contribution is -2.27. The SMILES string of the molecule is Cc1c(C)n(Cc2ccc(-c3ccccc3C(=O)O)cc2)c2ccc(C(=O)N[C@@H](C)c3ccc(C(F)(F)F)cc3F)cc12. The third kappa shape index (κ3) is 5.88. The van der Waals surface area contributed by atoms with E-state index in [-0.39, 0.29) is 11.1 Å². The number of carbonyl (C=O) groups is 2. The zero-order valence-corrected chi connectivity index (χ0v) is 23.6. The van der Waals surface area contributed by atoms with Crippen molar-refractivity contribution in [3.63, 3.8) is 0 Å². The first-order valence-electron chi connectivity index (χ1n) is 13.5. The molecule has 0 aliphatic carbocycles. The Hall–Kier alpha value is -4.92. The first-order chi connectivity index (χ1) is 20.3. The predicted molar refractivity (Wildman–Crippen MR) is 157 cm³/mol. The molecule has 220 valence electrons. The van der Waals surface area contributed by atoms with Crippen LogP contribution in [0, 0.1) is 19.7 Å². The van der Waals surface area contributed by atoms with Crippen molar-refractivity contribution in [1.82, 2.24) is 9.88 Å². The first-order valence-corrected chi connectivity index (χ1v) is 13.5. The maximum absolute atomic E-state index is 14.5. The molecule has 0 aliphatic rings. The monoisotopic (exact) mass is 588 g/mol. The van der Waals surface area contributed by atoms with Gasteiger partial charge >= 0.3 is 12.1 Å². The number of amides is 1. The Morgan fingerprint density at radius 2 is 1.63 bits per heavy atom. The molecule has 9 heteroatoms. The molecular weight excluding hydrogens is 560 g/mol. The van der Waals surface area contributed by atoms with Crippen molar-refractivity contribution in [2.75, 3.05) is 0 Å². The minimum atomic E-state index is -4.66. The van der Waals surface area contributed by atoms with Gasteiger partial charge in [-0.3, -0.25) is 4.79 Å². The first kappa shape index (κ1) is 29.6. The third-order valence-electron chi connectivity index (χ3n) is 7.81. The molecule has 1 heterocycles. The summed E-state index contributed by atoms with van der Waals surface area (Å²) >= 11 is 0. The summed E-state index contributed by atoms with van der Waals surface area (Å²) in [5, 5.41) is 13.1. The fourth-order valence-corrected chi connectivity index (χ4v) is 5.30. The van der Waals surface area contributed by atoms with Gasteiger partial charge in [-0.2, -0.15) is 13.2 Å². The number of alkyl halides is 3. The molecule has 0 spiro atoms. The summed E-state index contributed by atoms with van der Waals surface area (Å²) in [6.45, 7) is 6.01. The zero-order chi connectivity index (χ0) is 31.1. The van der Waals surface area contributed by atoms with Gasteiger partial charge in [0.15, 0.2) is 0 Å². The number of hydrogen-bond acceptors (Lipinski definition) is 2. The van der Waals surface area contributed by atoms with E-state index in [9.17, 15) is 32.3 Å². The van der Waals surface area contributed by atoms with Gasteiger partial charge in [-0.25, -0.2) is 9.18 Å². The minimum Gasteiger partial charge on any atom is -0.478 e. The molecule has 1 aromatic heterocycles. The van der Waals surface area contributed by atoms with Crippen LogP contribution in [0.3, 0.4) is 0 Å². The maximum Gasteiger partial charge on any atom is 0.416 e. The van der Waals surface area contributed by atoms with Crippen molar-refractivity contribution in [3.05, 3.63) is 130 Å². The molecule has 5 rings (SSSR count). The smallest absolute Gasteiger partial charge is 0.416 e. The van der Waals surface area contributed by atoms with E-state index in [4.69, 9.17) is 0 Å². The standard InChI is InChI=1S/C34H28F4N2O3/c1-19-21(3)40(18-22-8-10-23(11-9-22)27-6-4-5-7-28(27)33(42)43)31-15-12-24(16-29(19)31)32(41)39-20(2)26-14-13-25(17-30(26)35)34(36,37)38/h4-17,20H,18H2,1-3H3,(H,39,41)(H,42,43)/t20-/m0/s1. The zero-order valence-electron chi connectivity index (χ0n) is 23.6. The minimum absolute atomic E-state index is 0.0435. The lowest BCUT2D eigenvalue weighted by Gasteiger charge is -2.17. The van der Waals surface area contributed by atoms with Gasteiger partial charge in [0, 0.05) is 34.3 Å². The normalized spacial score (nSPS) is 12.3. The Morgan fingerprint density at radius 1 is 0.930 bits per heavy atom. The number of nitrogens with zero attached hydrogens (tertiary/aromatic N) is 1. The van der Waals surface area contributed by atoms with Crippen LogP contribution >= 0.6 is 0 Å². The summed E-state index contributed by atoms with van der Waals surface area (Å²) in [7, 11) is 0. The summed E-state index contributed by atoms with van der Waals surface area (Å²) in [4.78, 5) is 24.7. The summed E-state index contributed by atoms with van der Waals surface area (Å²) in [5.41, 5.74) is 4.79. The molecule has 1 amide bonds. The fourth-order valence-electron chi connectivity index (χ4n) is 5.30. The van der Waals surface area contributed by atoms with E-state index in [1.807, 2.05) is 44.2 Å². The second kappa shape index (κ2) is 11.4. The molecule has 5 nitrogen and oxygen atoms in total. The highest BCUT2D eigenvalue weighted by Gasteiger charge is 2.31. The largest absolute Gasteiger partial charge is 0.478 e. The van der Waals surface area contributed by atoms with Gasteiger partial charge in [-0.05, 0) is 79.4 Å². The van der Waals surface area contributed by atoms with Crippen LogP contribution in [0.1, 0.15) is 61.6 Å². The number of nitrogens with one attached hydrogen (secondary N) is 1. The van der Waals surface area contributed by atoms with E-state index >= 15 is 0 Å². The summed E-state index contributed by atoms with van der Waals surface area (Å²) in [6.07, 6.45) is -4.66. The third-order valence-corrected chi connectivity index (χ3v) is 7.81. The van der Waals surface area contributed by atoms with Gasteiger partial charge in [0.1, 0.15) is 5.82 Å². The van der Waals surface area contributed by atoms with Gasteiger partial charge in [0.05, 0.1) is 17.2 Å². The highest BCUT2D eigenvalue weighted by molar-refractivity contribution is 5.99. The van der Waals surface area contributed by atoms with Crippen molar-refractivity contribution in [1.29, 1.82) is 0 Å². The quantitative estimate of drug-likeness (QED) is 0.188. The van der Waals surface area contributed by atoms with E-state index in [2.05, 4.69) is 9.88 Å². The Balaban J connectivity index is 1.36. The van der Waals surface area contributed by atoms with Crippen LogP contribution in [-0.4, -0.2) is 21.6 Å². The van der Waals surface area contributed by atoms with E-state index in [1.165, 1.54) is 6.92 Å². The van der Waals surface area contributed by atoms with Gasteiger partial charge in [-0.1, -0.05) is 48.5 Å². The molecule has 2 N–H and O–H groups in total. The van der Waals surface area contributed by atoms with Crippen molar-refractivity contribution in [2.24, 2.45) is 0 Å². The van der Waals surface area contributed by atoms with Crippen LogP contribution < -0.4 is 5.32 Å². The lowest BCUT2D eigenvalue weighted by atomic mass is 9.99. The van der Waals surface area contributed by atoms with E-state index < -0.39 is 35.5 Å². The number of hydrogen-bond donors (Lipinski definition) is 2. The second-order valence-electron chi connectivity index (χ2n) is 10.5. The Labute approximate surface area is 245 Å². The molecule has 4 aromatic carbocycles. The Kier molecular flexibility index (Phi) is 7.84. The Morgan fingerprint density at radius 3 is 2.28 bits per heavy atom. The van der Waals surface area contributed by atoms with E-state index in [0.717, 1.165) is 45.4 Å². The number of aromatic nitrogens is 1. The summed E-state index contributed by atoms with van der Waals surface area (Å²) in [6, 6.07) is 21.2. The molecular formula is C34H28F4N2O3. The molecule has 0 bridgehead atoms. The molecule has 0 radical (unpaired) electrons. The number of aromatic carboxylic acids is 1. The Bertz CT molecular complexity index is 1860. The van der Waals surface area contributed by atoms with Crippen LogP contribution in [0.4, 0.5) is 17.6 Å². The highest BCUT2D eigenvalue weighted by Crippen LogP contribution is 2.32. The molecule has 0 fully saturated rings. The molecule has 5 aromatic rings. The summed E-state index contributed by atoms with van der Waals surface area (Å²) in [5.74, 6) is -2.50. The number of carboxylic acids is 1. The fraction of sp³-hybridized carbons (Fsp3) is 0.176. The number of fused-ring (bicyclic) bond motifs is 1. The van der Waals surface area contributed by atoms with Crippen molar-refractivity contribution in [2.45, 2.75) is 39.5 Å². The van der Waals surface area contributed by atoms with Crippen LogP contribution in [0.25, 0.3) is 22.0 Å². The van der Waals surface area contributed by atoms with Crippen LogP contribution in [0.2, 0.25) is 0 Å². The number of carboxylic acid groups (broad SMARTS) is 1. The van der Waals surface area contributed by atoms with Gasteiger partial charge in [0.2, 0.25) is 0 Å². The van der Waals surface area contributed by atoms with Crippen LogP contribution in [0.15, 0.2) is 84.9 Å². The maximum atomic E-state index is 14.5. The molecule has 0 aliphatic heterocycles. The van der Waals surface area contributed by atoms with Gasteiger partial charge in [-0.15, -0.1) is 0 Å². The van der Waals surface area contributed by atoms with Crippen LogP contribution in [0.5, 0.6) is 0 Å². The van der Waals surface area contributed by atoms with E-state index in [1.54, 1.807) is 36.4 Å². The van der Waals surface area contributed by atoms with Crippen molar-refractivity contribution < 1.29 is 32.3 Å². The average Bonchev–Trinajstić information content (AvgIpc) is 3.21. The molecule has 0 saturated heterocycles.